The van der Waals surface area contributed by atoms with Crippen LogP contribution in [-0.4, -0.2) is 23.5 Å². The molecular weight excluding hydrogens is 240 g/mol. The molecule has 0 radical (unpaired) electrons. The van der Waals surface area contributed by atoms with Crippen LogP contribution >= 0.6 is 11.8 Å². The molecule has 2 aliphatic rings. The van der Waals surface area contributed by atoms with Crippen LogP contribution in [0.4, 0.5) is 0 Å². The number of nitrogens with zero attached hydrogens (tertiary/aromatic N) is 1. The highest BCUT2D eigenvalue weighted by Gasteiger charge is 2.26. The van der Waals surface area contributed by atoms with Gasteiger partial charge in [-0.3, -0.25) is 4.99 Å². The molecule has 3 rings (SSSR count). The van der Waals surface area contributed by atoms with E-state index in [9.17, 15) is 0 Å². The molecule has 0 aromatic heterocycles. The van der Waals surface area contributed by atoms with Crippen molar-refractivity contribution in [3.05, 3.63) is 35.4 Å². The summed E-state index contributed by atoms with van der Waals surface area (Å²) in [6.07, 6.45) is 2.28. The maximum Gasteiger partial charge on any atom is 0.156 e. The molecule has 1 heterocycles. The number of hydrogen-bond donors (Lipinski definition) is 1. The number of benzene rings is 1. The number of rotatable bonds is 1. The highest BCUT2D eigenvalue weighted by atomic mass is 32.2. The summed E-state index contributed by atoms with van der Waals surface area (Å²) in [6.45, 7) is 5.51. The first kappa shape index (κ1) is 12.1. The van der Waals surface area contributed by atoms with Gasteiger partial charge in [0, 0.05) is 18.3 Å². The minimum Gasteiger partial charge on any atom is -0.362 e. The van der Waals surface area contributed by atoms with Gasteiger partial charge in [-0.1, -0.05) is 49.9 Å². The van der Waals surface area contributed by atoms with Gasteiger partial charge < -0.3 is 5.32 Å². The van der Waals surface area contributed by atoms with Crippen molar-refractivity contribution in [1.82, 2.24) is 5.32 Å². The van der Waals surface area contributed by atoms with Crippen LogP contribution in [0.25, 0.3) is 0 Å². The number of thioether (sulfide) groups is 1. The van der Waals surface area contributed by atoms with Crippen LogP contribution in [0, 0.1) is 5.41 Å². The number of nitrogens with one attached hydrogen (secondary N) is 1. The van der Waals surface area contributed by atoms with E-state index in [2.05, 4.69) is 48.4 Å². The number of aliphatic imine (C=N–C) groups is 1. The van der Waals surface area contributed by atoms with Crippen LogP contribution in [0.5, 0.6) is 0 Å². The van der Waals surface area contributed by atoms with E-state index < -0.39 is 0 Å². The lowest BCUT2D eigenvalue weighted by atomic mass is 9.97. The Hall–Kier alpha value is -0.960. The lowest BCUT2D eigenvalue weighted by Crippen LogP contribution is -2.37. The summed E-state index contributed by atoms with van der Waals surface area (Å²) in [5.41, 5.74) is 3.35. The van der Waals surface area contributed by atoms with Gasteiger partial charge in [0.1, 0.15) is 0 Å². The third-order valence-electron chi connectivity index (χ3n) is 3.63. The molecule has 1 aliphatic carbocycles. The number of hydrogen-bond acceptors (Lipinski definition) is 3. The standard InChI is InChI=1S/C15H20N2S/c1-15(2)9-16-14(18-10-15)17-13-7-11-5-3-4-6-12(11)8-13/h3-6,13H,7-10H2,1-2H3,(H,16,17). The second-order valence-electron chi connectivity index (χ2n) is 6.09. The summed E-state index contributed by atoms with van der Waals surface area (Å²) in [5, 5.41) is 4.76. The molecule has 1 aliphatic heterocycles. The highest BCUT2D eigenvalue weighted by Crippen LogP contribution is 2.28. The average Bonchev–Trinajstić information content (AvgIpc) is 2.74. The fourth-order valence-corrected chi connectivity index (χ4v) is 3.59. The maximum atomic E-state index is 4.68. The van der Waals surface area contributed by atoms with Crippen LogP contribution in [0.15, 0.2) is 29.3 Å². The van der Waals surface area contributed by atoms with E-state index in [1.54, 1.807) is 0 Å². The summed E-state index contributed by atoms with van der Waals surface area (Å²) >= 11 is 1.87. The van der Waals surface area contributed by atoms with E-state index in [4.69, 9.17) is 0 Å². The Labute approximate surface area is 113 Å². The summed E-state index contributed by atoms with van der Waals surface area (Å²) in [7, 11) is 0. The van der Waals surface area contributed by atoms with Crippen LogP contribution in [0.2, 0.25) is 0 Å². The number of fused-ring (bicyclic) bond motifs is 1. The summed E-state index contributed by atoms with van der Waals surface area (Å²) in [4.78, 5) is 4.68. The molecule has 0 saturated heterocycles. The molecule has 0 amide bonds. The molecule has 0 unspecified atom stereocenters. The Bertz CT molecular complexity index is 454. The van der Waals surface area contributed by atoms with Crippen LogP contribution in [-0.2, 0) is 12.8 Å². The van der Waals surface area contributed by atoms with Crippen LogP contribution < -0.4 is 5.32 Å². The summed E-state index contributed by atoms with van der Waals surface area (Å²) < 4.78 is 0. The second-order valence-corrected chi connectivity index (χ2v) is 7.06. The minimum atomic E-state index is 0.356. The average molecular weight is 260 g/mol. The molecule has 0 atom stereocenters. The van der Waals surface area contributed by atoms with E-state index in [0.717, 1.165) is 24.6 Å². The van der Waals surface area contributed by atoms with Gasteiger partial charge in [0.05, 0.1) is 0 Å². The van der Waals surface area contributed by atoms with Gasteiger partial charge in [-0.25, -0.2) is 0 Å². The van der Waals surface area contributed by atoms with Crippen LogP contribution in [0.3, 0.4) is 0 Å². The maximum absolute atomic E-state index is 4.68. The Morgan fingerprint density at radius 2 is 1.89 bits per heavy atom. The smallest absolute Gasteiger partial charge is 0.156 e. The first-order valence-electron chi connectivity index (χ1n) is 6.63. The molecule has 3 heteroatoms. The lowest BCUT2D eigenvalue weighted by Gasteiger charge is -2.28. The van der Waals surface area contributed by atoms with Crippen molar-refractivity contribution < 1.29 is 0 Å². The monoisotopic (exact) mass is 260 g/mol. The molecular formula is C15H20N2S. The van der Waals surface area contributed by atoms with Gasteiger partial charge in [-0.15, -0.1) is 0 Å². The van der Waals surface area contributed by atoms with Gasteiger partial charge in [-0.05, 0) is 29.4 Å². The Balaban J connectivity index is 1.62. The van der Waals surface area contributed by atoms with Crippen LogP contribution in [0.1, 0.15) is 25.0 Å². The summed E-state index contributed by atoms with van der Waals surface area (Å²) in [5.74, 6) is 1.17. The van der Waals surface area contributed by atoms with Crippen molar-refractivity contribution in [1.29, 1.82) is 0 Å². The predicted molar refractivity (Wildman–Crippen MR) is 79.3 cm³/mol. The molecule has 0 fully saturated rings. The second kappa shape index (κ2) is 4.61. The zero-order valence-electron chi connectivity index (χ0n) is 11.1. The van der Waals surface area contributed by atoms with E-state index in [1.165, 1.54) is 16.9 Å². The lowest BCUT2D eigenvalue weighted by molar-refractivity contribution is 0.436. The largest absolute Gasteiger partial charge is 0.362 e. The topological polar surface area (TPSA) is 24.4 Å². The molecule has 0 spiro atoms. The Kier molecular flexibility index (Phi) is 3.10. The van der Waals surface area contributed by atoms with Gasteiger partial charge in [0.2, 0.25) is 0 Å². The van der Waals surface area contributed by atoms with E-state index in [-0.39, 0.29) is 0 Å². The first-order valence-corrected chi connectivity index (χ1v) is 7.61. The molecule has 1 aromatic carbocycles. The van der Waals surface area contributed by atoms with E-state index in [0.29, 0.717) is 11.5 Å². The Morgan fingerprint density at radius 3 is 2.44 bits per heavy atom. The molecule has 96 valence electrons. The SMILES string of the molecule is CC1(C)CN=C(NC2Cc3ccccc3C2)SC1. The molecule has 1 aromatic rings. The predicted octanol–water partition coefficient (Wildman–Crippen LogP) is 2.87. The van der Waals surface area contributed by atoms with Crippen molar-refractivity contribution in [3.63, 3.8) is 0 Å². The molecule has 0 saturated carbocycles. The van der Waals surface area contributed by atoms with Gasteiger partial charge >= 0.3 is 0 Å². The van der Waals surface area contributed by atoms with E-state index in [1.807, 2.05) is 11.8 Å². The van der Waals surface area contributed by atoms with Crippen molar-refractivity contribution >= 4 is 16.9 Å². The quantitative estimate of drug-likeness (QED) is 0.839. The van der Waals surface area contributed by atoms with Crippen molar-refractivity contribution in [2.45, 2.75) is 32.7 Å². The zero-order valence-corrected chi connectivity index (χ0v) is 11.9. The Morgan fingerprint density at radius 1 is 1.22 bits per heavy atom. The van der Waals surface area contributed by atoms with E-state index >= 15 is 0 Å². The number of amidine groups is 1. The third-order valence-corrected chi connectivity index (χ3v) is 5.08. The van der Waals surface area contributed by atoms with Gasteiger partial charge in [-0.2, -0.15) is 0 Å². The molecule has 0 bridgehead atoms. The normalized spacial score (nSPS) is 22.4. The van der Waals surface area contributed by atoms with Gasteiger partial charge in [0.15, 0.2) is 5.17 Å². The third kappa shape index (κ3) is 2.56. The fourth-order valence-electron chi connectivity index (χ4n) is 2.56. The molecule has 2 nitrogen and oxygen atoms in total. The molecule has 18 heavy (non-hydrogen) atoms. The summed E-state index contributed by atoms with van der Waals surface area (Å²) in [6, 6.07) is 9.30. The zero-order chi connectivity index (χ0) is 12.6. The van der Waals surface area contributed by atoms with Crippen molar-refractivity contribution in [3.8, 4) is 0 Å². The minimum absolute atomic E-state index is 0.356. The fraction of sp³-hybridized carbons (Fsp3) is 0.533. The van der Waals surface area contributed by atoms with Crippen molar-refractivity contribution in [2.24, 2.45) is 10.4 Å². The van der Waals surface area contributed by atoms with Gasteiger partial charge in [0.25, 0.3) is 0 Å². The first-order chi connectivity index (χ1) is 8.62. The highest BCUT2D eigenvalue weighted by molar-refractivity contribution is 8.13. The molecule has 1 N–H and O–H groups in total. The van der Waals surface area contributed by atoms with Crippen molar-refractivity contribution in [2.75, 3.05) is 12.3 Å².